The highest BCUT2D eigenvalue weighted by Crippen LogP contribution is 2.24. The second-order valence-electron chi connectivity index (χ2n) is 8.26. The summed E-state index contributed by atoms with van der Waals surface area (Å²) in [5, 5.41) is 0. The van der Waals surface area contributed by atoms with E-state index in [1.807, 2.05) is 30.5 Å². The fraction of sp³-hybridized carbons (Fsp3) is 0.500. The van der Waals surface area contributed by atoms with Gasteiger partial charge in [-0.3, -0.25) is 19.6 Å². The molecule has 0 unspecified atom stereocenters. The minimum Gasteiger partial charge on any atom is -0.497 e. The topological polar surface area (TPSA) is 48.9 Å². The number of hydrogen-bond acceptors (Lipinski definition) is 5. The number of likely N-dealkylation sites (tertiary alicyclic amines) is 1. The van der Waals surface area contributed by atoms with Gasteiger partial charge in [0, 0.05) is 45.5 Å². The van der Waals surface area contributed by atoms with Crippen LogP contribution >= 0.6 is 0 Å². The third-order valence-corrected chi connectivity index (χ3v) is 6.18. The number of benzene rings is 1. The summed E-state index contributed by atoms with van der Waals surface area (Å²) in [4.78, 5) is 24.7. The first-order chi connectivity index (χ1) is 14.7. The number of amides is 1. The van der Waals surface area contributed by atoms with Gasteiger partial charge in [-0.25, -0.2) is 0 Å². The fourth-order valence-corrected chi connectivity index (χ4v) is 4.58. The van der Waals surface area contributed by atoms with Crippen LogP contribution in [0.25, 0.3) is 0 Å². The molecule has 0 spiro atoms. The number of carbonyl (C=O) groups is 1. The number of aromatic nitrogens is 1. The minimum absolute atomic E-state index is 0.00135. The molecule has 30 heavy (non-hydrogen) atoms. The molecule has 160 valence electrons. The number of hydrogen-bond donors (Lipinski definition) is 0. The van der Waals surface area contributed by atoms with Gasteiger partial charge >= 0.3 is 0 Å². The summed E-state index contributed by atoms with van der Waals surface area (Å²) >= 11 is 0. The number of carbonyl (C=O) groups excluding carboxylic acids is 1. The highest BCUT2D eigenvalue weighted by molar-refractivity contribution is 5.82. The average molecular weight is 409 g/mol. The quantitative estimate of drug-likeness (QED) is 0.736. The Morgan fingerprint density at radius 2 is 1.97 bits per heavy atom. The SMILES string of the molecule is COc1cccc(CN2CCC[C@H]2C(=O)N2CCCN(Cc3ccccn3)CC2)c1. The number of ether oxygens (including phenoxy) is 1. The molecule has 2 aromatic rings. The van der Waals surface area contributed by atoms with Crippen LogP contribution in [-0.4, -0.2) is 71.5 Å². The van der Waals surface area contributed by atoms with Crippen molar-refractivity contribution >= 4 is 5.91 Å². The van der Waals surface area contributed by atoms with Crippen LogP contribution in [0.5, 0.6) is 5.75 Å². The summed E-state index contributed by atoms with van der Waals surface area (Å²) in [5.41, 5.74) is 2.30. The first kappa shape index (κ1) is 20.8. The van der Waals surface area contributed by atoms with E-state index >= 15 is 0 Å². The lowest BCUT2D eigenvalue weighted by Crippen LogP contribution is -2.46. The molecule has 2 aliphatic heterocycles. The van der Waals surface area contributed by atoms with Crippen LogP contribution in [0.3, 0.4) is 0 Å². The van der Waals surface area contributed by atoms with Gasteiger partial charge in [0.1, 0.15) is 5.75 Å². The zero-order valence-electron chi connectivity index (χ0n) is 17.9. The Hall–Kier alpha value is -2.44. The monoisotopic (exact) mass is 408 g/mol. The summed E-state index contributed by atoms with van der Waals surface area (Å²) in [5.74, 6) is 1.17. The third-order valence-electron chi connectivity index (χ3n) is 6.18. The molecule has 2 saturated heterocycles. The summed E-state index contributed by atoms with van der Waals surface area (Å²) in [6.07, 6.45) is 4.90. The average Bonchev–Trinajstić information content (AvgIpc) is 3.11. The van der Waals surface area contributed by atoms with Crippen LogP contribution in [0, 0.1) is 0 Å². The van der Waals surface area contributed by atoms with Crippen LogP contribution in [0.2, 0.25) is 0 Å². The number of nitrogens with zero attached hydrogens (tertiary/aromatic N) is 4. The highest BCUT2D eigenvalue weighted by atomic mass is 16.5. The lowest BCUT2D eigenvalue weighted by Gasteiger charge is -2.30. The van der Waals surface area contributed by atoms with Crippen molar-refractivity contribution in [3.8, 4) is 5.75 Å². The predicted octanol–water partition coefficient (Wildman–Crippen LogP) is 2.79. The normalized spacial score (nSPS) is 20.8. The van der Waals surface area contributed by atoms with Gasteiger partial charge in [-0.15, -0.1) is 0 Å². The molecule has 6 nitrogen and oxygen atoms in total. The first-order valence-electron chi connectivity index (χ1n) is 11.0. The van der Waals surface area contributed by atoms with Crippen LogP contribution < -0.4 is 4.74 Å². The molecule has 3 heterocycles. The van der Waals surface area contributed by atoms with E-state index in [-0.39, 0.29) is 6.04 Å². The molecule has 0 N–H and O–H groups in total. The summed E-state index contributed by atoms with van der Waals surface area (Å²) < 4.78 is 5.35. The maximum Gasteiger partial charge on any atom is 0.239 e. The Bertz CT molecular complexity index is 829. The molecule has 6 heteroatoms. The van der Waals surface area contributed by atoms with E-state index in [0.717, 1.165) is 76.5 Å². The first-order valence-corrected chi connectivity index (χ1v) is 11.0. The lowest BCUT2D eigenvalue weighted by atomic mass is 10.1. The molecule has 1 aromatic carbocycles. The van der Waals surface area contributed by atoms with Gasteiger partial charge in [-0.05, 0) is 55.6 Å². The van der Waals surface area contributed by atoms with Crippen LogP contribution in [-0.2, 0) is 17.9 Å². The molecule has 1 aromatic heterocycles. The van der Waals surface area contributed by atoms with Gasteiger partial charge in [0.05, 0.1) is 18.8 Å². The van der Waals surface area contributed by atoms with Crippen molar-refractivity contribution < 1.29 is 9.53 Å². The molecule has 0 bridgehead atoms. The summed E-state index contributed by atoms with van der Waals surface area (Å²) in [7, 11) is 1.69. The number of pyridine rings is 1. The van der Waals surface area contributed by atoms with Crippen LogP contribution in [0.15, 0.2) is 48.7 Å². The Morgan fingerprint density at radius 3 is 2.80 bits per heavy atom. The zero-order chi connectivity index (χ0) is 20.8. The molecule has 0 aliphatic carbocycles. The molecule has 1 amide bonds. The minimum atomic E-state index is -0.00135. The van der Waals surface area contributed by atoms with E-state index in [9.17, 15) is 4.79 Å². The van der Waals surface area contributed by atoms with Gasteiger partial charge in [-0.1, -0.05) is 18.2 Å². The Morgan fingerprint density at radius 1 is 1.03 bits per heavy atom. The lowest BCUT2D eigenvalue weighted by molar-refractivity contribution is -0.136. The van der Waals surface area contributed by atoms with Gasteiger partial charge < -0.3 is 9.64 Å². The molecule has 1 atom stereocenters. The third kappa shape index (κ3) is 5.18. The van der Waals surface area contributed by atoms with Crippen molar-refractivity contribution in [2.75, 3.05) is 39.8 Å². The Kier molecular flexibility index (Phi) is 6.97. The zero-order valence-corrected chi connectivity index (χ0v) is 17.9. The standard InChI is InChI=1S/C24H32N4O2/c1-30-22-9-4-7-20(17-22)18-28-13-5-10-23(28)24(29)27-14-6-12-26(15-16-27)19-21-8-2-3-11-25-21/h2-4,7-9,11,17,23H,5-6,10,12-16,18-19H2,1H3/t23-/m0/s1. The Labute approximate surface area is 179 Å². The highest BCUT2D eigenvalue weighted by Gasteiger charge is 2.34. The molecular formula is C24H32N4O2. The van der Waals surface area contributed by atoms with E-state index in [4.69, 9.17) is 4.74 Å². The van der Waals surface area contributed by atoms with Gasteiger partial charge in [-0.2, -0.15) is 0 Å². The van der Waals surface area contributed by atoms with Crippen LogP contribution in [0.4, 0.5) is 0 Å². The van der Waals surface area contributed by atoms with Crippen molar-refractivity contribution in [1.82, 2.24) is 19.7 Å². The van der Waals surface area contributed by atoms with Crippen molar-refractivity contribution in [1.29, 1.82) is 0 Å². The van der Waals surface area contributed by atoms with Crippen LogP contribution in [0.1, 0.15) is 30.5 Å². The van der Waals surface area contributed by atoms with Crippen molar-refractivity contribution in [3.63, 3.8) is 0 Å². The predicted molar refractivity (Wildman–Crippen MR) is 117 cm³/mol. The second kappa shape index (κ2) is 10.0. The second-order valence-corrected chi connectivity index (χ2v) is 8.26. The number of methoxy groups -OCH3 is 1. The smallest absolute Gasteiger partial charge is 0.239 e. The maximum atomic E-state index is 13.4. The molecule has 2 aliphatic rings. The summed E-state index contributed by atoms with van der Waals surface area (Å²) in [6.45, 7) is 6.20. The molecule has 4 rings (SSSR count). The van der Waals surface area contributed by atoms with Crippen molar-refractivity contribution in [2.45, 2.75) is 38.4 Å². The largest absolute Gasteiger partial charge is 0.497 e. The van der Waals surface area contributed by atoms with E-state index in [2.05, 4.69) is 37.9 Å². The fourth-order valence-electron chi connectivity index (χ4n) is 4.58. The van der Waals surface area contributed by atoms with Gasteiger partial charge in [0.2, 0.25) is 5.91 Å². The molecule has 0 saturated carbocycles. The molecule has 2 fully saturated rings. The van der Waals surface area contributed by atoms with Gasteiger partial charge in [0.15, 0.2) is 0 Å². The molecule has 0 radical (unpaired) electrons. The van der Waals surface area contributed by atoms with E-state index in [1.165, 1.54) is 5.56 Å². The number of rotatable bonds is 6. The van der Waals surface area contributed by atoms with Crippen molar-refractivity contribution in [3.05, 3.63) is 59.9 Å². The van der Waals surface area contributed by atoms with E-state index in [0.29, 0.717) is 5.91 Å². The Balaban J connectivity index is 1.34. The van der Waals surface area contributed by atoms with E-state index < -0.39 is 0 Å². The summed E-state index contributed by atoms with van der Waals surface area (Å²) in [6, 6.07) is 14.2. The van der Waals surface area contributed by atoms with E-state index in [1.54, 1.807) is 7.11 Å². The molecular weight excluding hydrogens is 376 g/mol. The van der Waals surface area contributed by atoms with Gasteiger partial charge in [0.25, 0.3) is 0 Å². The van der Waals surface area contributed by atoms with Crippen molar-refractivity contribution in [2.24, 2.45) is 0 Å². The maximum absolute atomic E-state index is 13.4.